The zero-order chi connectivity index (χ0) is 9.23. The van der Waals surface area contributed by atoms with Crippen LogP contribution < -0.4 is 0 Å². The predicted octanol–water partition coefficient (Wildman–Crippen LogP) is 1.92. The molecule has 0 heterocycles. The quantitative estimate of drug-likeness (QED) is 0.596. The van der Waals surface area contributed by atoms with Crippen molar-refractivity contribution in [3.05, 3.63) is 36.1 Å². The largest absolute Gasteiger partial charge is 0.302 e. The Hall–Kier alpha value is -1.69. The van der Waals surface area contributed by atoms with Gasteiger partial charge in [-0.3, -0.25) is 0 Å². The summed E-state index contributed by atoms with van der Waals surface area (Å²) in [4.78, 5) is 9.18. The van der Waals surface area contributed by atoms with Gasteiger partial charge in [0.05, 0.1) is 12.5 Å². The molecule has 0 aliphatic carbocycles. The van der Waals surface area contributed by atoms with Crippen LogP contribution in [0.15, 0.2) is 30.3 Å². The highest BCUT2D eigenvalue weighted by Gasteiger charge is 1.77. The Morgan fingerprint density at radius 3 is 2.17 bits per heavy atom. The molecule has 1 aromatic rings. The summed E-state index contributed by atoms with van der Waals surface area (Å²) in [6.07, 6.45) is 0.583. The Balaban J connectivity index is 0.000000217. The molecular formula is C9H8FNO. The van der Waals surface area contributed by atoms with Crippen LogP contribution in [0.3, 0.4) is 0 Å². The van der Waals surface area contributed by atoms with Gasteiger partial charge in [-0.05, 0) is 12.1 Å². The molecule has 0 fully saturated rings. The lowest BCUT2D eigenvalue weighted by Crippen LogP contribution is -1.63. The fourth-order valence-electron chi connectivity index (χ4n) is 0.452. The number of carbonyl (C=O) groups excluding carboxylic acids is 1. The van der Waals surface area contributed by atoms with E-state index in [1.165, 1.54) is 12.1 Å². The molecule has 0 saturated carbocycles. The molecule has 3 heteroatoms. The first-order valence-electron chi connectivity index (χ1n) is 3.32. The number of hydrogen-bond donors (Lipinski definition) is 0. The molecule has 0 bridgehead atoms. The van der Waals surface area contributed by atoms with Crippen LogP contribution >= 0.6 is 0 Å². The lowest BCUT2D eigenvalue weighted by atomic mass is 10.4. The van der Waals surface area contributed by atoms with Crippen molar-refractivity contribution in [1.29, 1.82) is 5.26 Å². The van der Waals surface area contributed by atoms with Crippen LogP contribution in [-0.4, -0.2) is 6.29 Å². The van der Waals surface area contributed by atoms with E-state index < -0.39 is 0 Å². The minimum atomic E-state index is -0.178. The summed E-state index contributed by atoms with van der Waals surface area (Å²) in [5, 5.41) is 7.58. The van der Waals surface area contributed by atoms with Crippen LogP contribution in [0.5, 0.6) is 0 Å². The predicted molar refractivity (Wildman–Crippen MR) is 42.7 cm³/mol. The number of rotatable bonds is 1. The minimum absolute atomic E-state index is 0.0139. The Kier molecular flexibility index (Phi) is 6.37. The standard InChI is InChI=1S/C6H5F.C3H3NO/c7-6-4-2-1-3-5-6;4-2-1-3-5/h1-5H;3H,1H2. The highest BCUT2D eigenvalue weighted by molar-refractivity contribution is 5.52. The van der Waals surface area contributed by atoms with E-state index in [0.717, 1.165) is 0 Å². The molecule has 0 N–H and O–H groups in total. The van der Waals surface area contributed by atoms with Crippen molar-refractivity contribution in [2.45, 2.75) is 6.42 Å². The Morgan fingerprint density at radius 2 is 2.00 bits per heavy atom. The van der Waals surface area contributed by atoms with Crippen molar-refractivity contribution in [3.8, 4) is 6.07 Å². The third kappa shape index (κ3) is 6.43. The number of benzene rings is 1. The first kappa shape index (κ1) is 10.3. The number of nitriles is 1. The van der Waals surface area contributed by atoms with E-state index in [-0.39, 0.29) is 12.2 Å². The van der Waals surface area contributed by atoms with Crippen molar-refractivity contribution >= 4 is 6.29 Å². The van der Waals surface area contributed by atoms with Crippen LogP contribution in [0.2, 0.25) is 0 Å². The normalized spacial score (nSPS) is 7.33. The third-order valence-corrected chi connectivity index (χ3v) is 0.908. The maximum Gasteiger partial charge on any atom is 0.134 e. The molecule has 0 aromatic heterocycles. The average molecular weight is 165 g/mol. The van der Waals surface area contributed by atoms with E-state index in [1.54, 1.807) is 24.3 Å². The lowest BCUT2D eigenvalue weighted by Gasteiger charge is -1.78. The molecule has 2 nitrogen and oxygen atoms in total. The summed E-state index contributed by atoms with van der Waals surface area (Å²) in [7, 11) is 0. The Morgan fingerprint density at radius 1 is 1.42 bits per heavy atom. The van der Waals surface area contributed by atoms with Gasteiger partial charge < -0.3 is 4.79 Å². The molecule has 0 amide bonds. The van der Waals surface area contributed by atoms with Gasteiger partial charge in [0.15, 0.2) is 0 Å². The second-order valence-electron chi connectivity index (χ2n) is 1.82. The topological polar surface area (TPSA) is 40.9 Å². The molecule has 12 heavy (non-hydrogen) atoms. The highest BCUT2D eigenvalue weighted by atomic mass is 19.1. The van der Waals surface area contributed by atoms with Gasteiger partial charge in [0.1, 0.15) is 12.1 Å². The van der Waals surface area contributed by atoms with E-state index in [1.807, 2.05) is 0 Å². The zero-order valence-corrected chi connectivity index (χ0v) is 6.40. The molecule has 62 valence electrons. The first-order chi connectivity index (χ1) is 5.81. The van der Waals surface area contributed by atoms with E-state index in [2.05, 4.69) is 0 Å². The summed E-state index contributed by atoms with van der Waals surface area (Å²) in [5.41, 5.74) is 0. The summed E-state index contributed by atoms with van der Waals surface area (Å²) >= 11 is 0. The molecule has 0 saturated heterocycles. The molecule has 0 unspecified atom stereocenters. The lowest BCUT2D eigenvalue weighted by molar-refractivity contribution is -0.107. The van der Waals surface area contributed by atoms with Crippen LogP contribution in [0.25, 0.3) is 0 Å². The van der Waals surface area contributed by atoms with E-state index in [0.29, 0.717) is 6.29 Å². The van der Waals surface area contributed by atoms with Gasteiger partial charge in [-0.2, -0.15) is 5.26 Å². The van der Waals surface area contributed by atoms with E-state index in [4.69, 9.17) is 5.26 Å². The van der Waals surface area contributed by atoms with Crippen molar-refractivity contribution in [1.82, 2.24) is 0 Å². The first-order valence-corrected chi connectivity index (χ1v) is 3.32. The Labute approximate surface area is 70.3 Å². The number of hydrogen-bond acceptors (Lipinski definition) is 2. The van der Waals surface area contributed by atoms with Gasteiger partial charge in [-0.15, -0.1) is 0 Å². The molecule has 0 atom stereocenters. The SMILES string of the molecule is Fc1ccccc1.N#CCC=O. The molecule has 0 spiro atoms. The highest BCUT2D eigenvalue weighted by Crippen LogP contribution is 1.91. The summed E-state index contributed by atoms with van der Waals surface area (Å²) in [6, 6.07) is 9.59. The molecule has 0 aliphatic heterocycles. The Bertz CT molecular complexity index is 253. The maximum atomic E-state index is 11.9. The molecule has 1 rings (SSSR count). The average Bonchev–Trinajstić information content (AvgIpc) is 2.08. The van der Waals surface area contributed by atoms with E-state index in [9.17, 15) is 9.18 Å². The zero-order valence-electron chi connectivity index (χ0n) is 6.40. The van der Waals surface area contributed by atoms with Gasteiger partial charge in [0.2, 0.25) is 0 Å². The van der Waals surface area contributed by atoms with Gasteiger partial charge in [-0.25, -0.2) is 4.39 Å². The summed E-state index contributed by atoms with van der Waals surface area (Å²) in [6.45, 7) is 0. The number of nitrogens with zero attached hydrogens (tertiary/aromatic N) is 1. The maximum absolute atomic E-state index is 11.9. The minimum Gasteiger partial charge on any atom is -0.302 e. The number of halogens is 1. The van der Waals surface area contributed by atoms with Crippen LogP contribution in [-0.2, 0) is 4.79 Å². The van der Waals surface area contributed by atoms with Gasteiger partial charge in [-0.1, -0.05) is 18.2 Å². The van der Waals surface area contributed by atoms with Crippen LogP contribution in [0.1, 0.15) is 6.42 Å². The molecule has 0 radical (unpaired) electrons. The van der Waals surface area contributed by atoms with Crippen molar-refractivity contribution in [2.24, 2.45) is 0 Å². The fraction of sp³-hybridized carbons (Fsp3) is 0.111. The van der Waals surface area contributed by atoms with Crippen LogP contribution in [0, 0.1) is 17.1 Å². The van der Waals surface area contributed by atoms with Crippen LogP contribution in [0.4, 0.5) is 4.39 Å². The molecular weight excluding hydrogens is 157 g/mol. The van der Waals surface area contributed by atoms with Crippen molar-refractivity contribution in [3.63, 3.8) is 0 Å². The molecule has 1 aromatic carbocycles. The summed E-state index contributed by atoms with van der Waals surface area (Å²) < 4.78 is 11.9. The smallest absolute Gasteiger partial charge is 0.134 e. The number of aldehydes is 1. The van der Waals surface area contributed by atoms with Gasteiger partial charge in [0, 0.05) is 0 Å². The number of carbonyl (C=O) groups is 1. The van der Waals surface area contributed by atoms with Crippen molar-refractivity contribution < 1.29 is 9.18 Å². The van der Waals surface area contributed by atoms with Gasteiger partial charge >= 0.3 is 0 Å². The molecule has 0 aliphatic rings. The fourth-order valence-corrected chi connectivity index (χ4v) is 0.452. The second-order valence-corrected chi connectivity index (χ2v) is 1.82. The monoisotopic (exact) mass is 165 g/mol. The second kappa shape index (κ2) is 7.42. The van der Waals surface area contributed by atoms with E-state index >= 15 is 0 Å². The summed E-state index contributed by atoms with van der Waals surface area (Å²) in [5.74, 6) is -0.178. The van der Waals surface area contributed by atoms with Gasteiger partial charge in [0.25, 0.3) is 0 Å². The van der Waals surface area contributed by atoms with Crippen molar-refractivity contribution in [2.75, 3.05) is 0 Å². The third-order valence-electron chi connectivity index (χ3n) is 0.908.